The molecule has 2 heteroatoms. The van der Waals surface area contributed by atoms with Crippen molar-refractivity contribution >= 4 is 23.1 Å². The summed E-state index contributed by atoms with van der Waals surface area (Å²) in [7, 11) is 0. The van der Waals surface area contributed by atoms with Crippen LogP contribution >= 0.6 is 11.8 Å². The van der Waals surface area contributed by atoms with Gasteiger partial charge in [-0.3, -0.25) is 0 Å². The van der Waals surface area contributed by atoms with Crippen molar-refractivity contribution in [3.8, 4) is 0 Å². The van der Waals surface area contributed by atoms with Crippen LogP contribution in [0.1, 0.15) is 5.56 Å². The third kappa shape index (κ3) is 2.08. The minimum absolute atomic E-state index is 0.994. The van der Waals surface area contributed by atoms with E-state index in [-0.39, 0.29) is 0 Å². The Hall–Kier alpha value is -1.67. The molecule has 0 N–H and O–H groups in total. The molecular formula is C15H13NS. The molecule has 2 aromatic rings. The van der Waals surface area contributed by atoms with Crippen LogP contribution in [0.15, 0.2) is 66.1 Å². The Morgan fingerprint density at radius 1 is 0.824 bits per heavy atom. The lowest BCUT2D eigenvalue weighted by Crippen LogP contribution is -2.16. The van der Waals surface area contributed by atoms with E-state index in [1.165, 1.54) is 16.9 Å². The zero-order valence-corrected chi connectivity index (χ0v) is 10.2. The number of hydrogen-bond donors (Lipinski definition) is 0. The zero-order valence-electron chi connectivity index (χ0n) is 9.41. The van der Waals surface area contributed by atoms with E-state index in [0.29, 0.717) is 0 Å². The van der Waals surface area contributed by atoms with Crippen LogP contribution in [0.25, 0.3) is 5.70 Å². The molecular weight excluding hydrogens is 226 g/mol. The third-order valence-electron chi connectivity index (χ3n) is 2.83. The molecule has 0 aliphatic carbocycles. The Bertz CT molecular complexity index is 519. The molecule has 0 radical (unpaired) electrons. The number of nitrogens with zero attached hydrogens (tertiary/aromatic N) is 1. The van der Waals surface area contributed by atoms with Crippen molar-refractivity contribution in [3.05, 3.63) is 71.6 Å². The SMILES string of the molecule is C1=C(c2ccccc2)N(c2ccccc2)CS1. The normalized spacial score (nSPS) is 14.8. The molecule has 1 aliphatic rings. The van der Waals surface area contributed by atoms with Gasteiger partial charge in [0.25, 0.3) is 0 Å². The van der Waals surface area contributed by atoms with Crippen molar-refractivity contribution in [2.75, 3.05) is 10.8 Å². The van der Waals surface area contributed by atoms with Crippen LogP contribution < -0.4 is 4.90 Å². The second kappa shape index (κ2) is 4.68. The van der Waals surface area contributed by atoms with Crippen LogP contribution in [0.2, 0.25) is 0 Å². The third-order valence-corrected chi connectivity index (χ3v) is 3.62. The van der Waals surface area contributed by atoms with Gasteiger partial charge in [0.05, 0.1) is 11.6 Å². The number of para-hydroxylation sites is 1. The van der Waals surface area contributed by atoms with Gasteiger partial charge >= 0.3 is 0 Å². The minimum Gasteiger partial charge on any atom is -0.330 e. The van der Waals surface area contributed by atoms with Crippen molar-refractivity contribution in [1.29, 1.82) is 0 Å². The van der Waals surface area contributed by atoms with E-state index in [1.54, 1.807) is 0 Å². The first kappa shape index (κ1) is 10.5. The predicted octanol–water partition coefficient (Wildman–Crippen LogP) is 4.20. The Morgan fingerprint density at radius 2 is 1.47 bits per heavy atom. The van der Waals surface area contributed by atoms with E-state index in [9.17, 15) is 0 Å². The molecule has 0 bridgehead atoms. The van der Waals surface area contributed by atoms with Gasteiger partial charge in [0.15, 0.2) is 0 Å². The topological polar surface area (TPSA) is 3.24 Å². The van der Waals surface area contributed by atoms with E-state index < -0.39 is 0 Å². The van der Waals surface area contributed by atoms with Gasteiger partial charge in [0, 0.05) is 5.69 Å². The summed E-state index contributed by atoms with van der Waals surface area (Å²) in [6.07, 6.45) is 0. The van der Waals surface area contributed by atoms with Crippen LogP contribution in [-0.4, -0.2) is 5.88 Å². The monoisotopic (exact) mass is 239 g/mol. The fourth-order valence-electron chi connectivity index (χ4n) is 1.98. The number of anilines is 1. The van der Waals surface area contributed by atoms with Crippen molar-refractivity contribution in [2.24, 2.45) is 0 Å². The lowest BCUT2D eigenvalue weighted by molar-refractivity contribution is 1.20. The average Bonchev–Trinajstić information content (AvgIpc) is 2.90. The average molecular weight is 239 g/mol. The predicted molar refractivity (Wildman–Crippen MR) is 75.8 cm³/mol. The second-order valence-electron chi connectivity index (χ2n) is 3.93. The quantitative estimate of drug-likeness (QED) is 0.773. The molecule has 0 spiro atoms. The minimum atomic E-state index is 0.994. The highest BCUT2D eigenvalue weighted by atomic mass is 32.2. The molecule has 0 fully saturated rings. The standard InChI is InChI=1S/C15H13NS/c1-3-7-13(8-4-1)15-11-17-12-16(15)14-9-5-2-6-10-14/h1-11H,12H2. The maximum Gasteiger partial charge on any atom is 0.0729 e. The number of benzene rings is 2. The van der Waals surface area contributed by atoms with E-state index in [4.69, 9.17) is 0 Å². The van der Waals surface area contributed by atoms with Crippen LogP contribution in [0.3, 0.4) is 0 Å². The molecule has 84 valence electrons. The first-order valence-electron chi connectivity index (χ1n) is 5.65. The van der Waals surface area contributed by atoms with Gasteiger partial charge in [-0.25, -0.2) is 0 Å². The summed E-state index contributed by atoms with van der Waals surface area (Å²) in [6.45, 7) is 0. The molecule has 1 nitrogen and oxygen atoms in total. The van der Waals surface area contributed by atoms with Gasteiger partial charge in [0.1, 0.15) is 0 Å². The highest BCUT2D eigenvalue weighted by Gasteiger charge is 2.18. The molecule has 1 aliphatic heterocycles. The van der Waals surface area contributed by atoms with E-state index in [1.807, 2.05) is 11.8 Å². The van der Waals surface area contributed by atoms with Gasteiger partial charge in [-0.2, -0.15) is 0 Å². The molecule has 3 rings (SSSR count). The molecule has 0 saturated heterocycles. The maximum atomic E-state index is 2.35. The lowest BCUT2D eigenvalue weighted by atomic mass is 10.1. The molecule has 0 unspecified atom stereocenters. The van der Waals surface area contributed by atoms with Gasteiger partial charge in [-0.05, 0) is 23.1 Å². The smallest absolute Gasteiger partial charge is 0.0729 e. The van der Waals surface area contributed by atoms with E-state index in [0.717, 1.165) is 5.88 Å². The fourth-order valence-corrected chi connectivity index (χ4v) is 2.91. The van der Waals surface area contributed by atoms with Gasteiger partial charge in [-0.15, -0.1) is 11.8 Å². The van der Waals surface area contributed by atoms with E-state index in [2.05, 4.69) is 71.0 Å². The Labute approximate surface area is 106 Å². The van der Waals surface area contributed by atoms with Gasteiger partial charge in [-0.1, -0.05) is 48.5 Å². The first-order chi connectivity index (χ1) is 8.45. The Balaban J connectivity index is 1.96. The fraction of sp³-hybridized carbons (Fsp3) is 0.0667. The summed E-state index contributed by atoms with van der Waals surface area (Å²) < 4.78 is 0. The van der Waals surface area contributed by atoms with Crippen molar-refractivity contribution < 1.29 is 0 Å². The molecule has 0 saturated carbocycles. The molecule has 1 heterocycles. The van der Waals surface area contributed by atoms with Crippen LogP contribution in [-0.2, 0) is 0 Å². The summed E-state index contributed by atoms with van der Waals surface area (Å²) in [5, 5.41) is 2.24. The summed E-state index contributed by atoms with van der Waals surface area (Å²) in [5.74, 6) is 0.994. The van der Waals surface area contributed by atoms with Crippen molar-refractivity contribution in [3.63, 3.8) is 0 Å². The van der Waals surface area contributed by atoms with Crippen LogP contribution in [0, 0.1) is 0 Å². The number of hydrogen-bond acceptors (Lipinski definition) is 2. The maximum absolute atomic E-state index is 2.35. The Morgan fingerprint density at radius 3 is 2.18 bits per heavy atom. The molecule has 0 aromatic heterocycles. The zero-order chi connectivity index (χ0) is 11.5. The van der Waals surface area contributed by atoms with E-state index >= 15 is 0 Å². The summed E-state index contributed by atoms with van der Waals surface area (Å²) >= 11 is 1.84. The number of rotatable bonds is 2. The second-order valence-corrected chi connectivity index (χ2v) is 4.76. The summed E-state index contributed by atoms with van der Waals surface area (Å²) in [5.41, 5.74) is 3.83. The van der Waals surface area contributed by atoms with Gasteiger partial charge in [0.2, 0.25) is 0 Å². The van der Waals surface area contributed by atoms with Crippen molar-refractivity contribution in [2.45, 2.75) is 0 Å². The van der Waals surface area contributed by atoms with Crippen LogP contribution in [0.4, 0.5) is 5.69 Å². The largest absolute Gasteiger partial charge is 0.330 e. The molecule has 2 aromatic carbocycles. The molecule has 0 amide bonds. The molecule has 0 atom stereocenters. The Kier molecular flexibility index (Phi) is 2.88. The summed E-state index contributed by atoms with van der Waals surface area (Å²) in [6, 6.07) is 21.1. The lowest BCUT2D eigenvalue weighted by Gasteiger charge is -2.21. The van der Waals surface area contributed by atoms with Crippen molar-refractivity contribution in [1.82, 2.24) is 0 Å². The summed E-state index contributed by atoms with van der Waals surface area (Å²) in [4.78, 5) is 2.35. The van der Waals surface area contributed by atoms with Crippen LogP contribution in [0.5, 0.6) is 0 Å². The highest BCUT2D eigenvalue weighted by Crippen LogP contribution is 2.34. The molecule has 17 heavy (non-hydrogen) atoms. The number of thioether (sulfide) groups is 1. The highest BCUT2D eigenvalue weighted by molar-refractivity contribution is 8.02. The first-order valence-corrected chi connectivity index (χ1v) is 6.70. The van der Waals surface area contributed by atoms with Gasteiger partial charge < -0.3 is 4.90 Å².